The van der Waals surface area contributed by atoms with Crippen molar-refractivity contribution < 1.29 is 19.4 Å². The Morgan fingerprint density at radius 1 is 1.20 bits per heavy atom. The normalized spacial score (nSPS) is 31.2. The zero-order valence-corrected chi connectivity index (χ0v) is 28.5. The van der Waals surface area contributed by atoms with Crippen molar-refractivity contribution in [3.63, 3.8) is 0 Å². The molecule has 8 nitrogen and oxygen atoms in total. The predicted molar refractivity (Wildman–Crippen MR) is 187 cm³/mol. The third-order valence-electron chi connectivity index (χ3n) is 10.1. The molecule has 0 radical (unpaired) electrons. The third kappa shape index (κ3) is 4.77. The molecule has 11 heteroatoms. The Morgan fingerprint density at radius 2 is 1.96 bits per heavy atom. The van der Waals surface area contributed by atoms with E-state index in [-0.39, 0.29) is 23.3 Å². The average molecular weight is 674 g/mol. The topological polar surface area (TPSA) is 92.1 Å². The van der Waals surface area contributed by atoms with Gasteiger partial charge in [0.25, 0.3) is 11.5 Å². The molecule has 2 aliphatic heterocycles. The van der Waals surface area contributed by atoms with Gasteiger partial charge in [-0.25, -0.2) is 0 Å². The van der Waals surface area contributed by atoms with Crippen molar-refractivity contribution >= 4 is 68.2 Å². The van der Waals surface area contributed by atoms with Crippen molar-refractivity contribution in [2.75, 3.05) is 18.6 Å². The number of nitrogens with zero attached hydrogens (tertiary/aromatic N) is 3. The van der Waals surface area contributed by atoms with E-state index in [9.17, 15) is 19.5 Å². The maximum absolute atomic E-state index is 13.8. The van der Waals surface area contributed by atoms with E-state index in [1.54, 1.807) is 7.11 Å². The van der Waals surface area contributed by atoms with Crippen molar-refractivity contribution in [1.29, 1.82) is 0 Å². The summed E-state index contributed by atoms with van der Waals surface area (Å²) in [5, 5.41) is 9.67. The van der Waals surface area contributed by atoms with Gasteiger partial charge in [-0.05, 0) is 55.5 Å². The van der Waals surface area contributed by atoms with Crippen LogP contribution in [0.2, 0.25) is 0 Å². The van der Waals surface area contributed by atoms with Crippen LogP contribution in [0.15, 0.2) is 76.8 Å². The van der Waals surface area contributed by atoms with Crippen molar-refractivity contribution in [2.24, 2.45) is 22.7 Å². The van der Waals surface area contributed by atoms with Gasteiger partial charge in [0.1, 0.15) is 26.2 Å². The first kappa shape index (κ1) is 31.0. The van der Waals surface area contributed by atoms with Gasteiger partial charge >= 0.3 is 5.97 Å². The number of carboxylic acid groups (broad SMARTS) is 1. The molecule has 0 bridgehead atoms. The van der Waals surface area contributed by atoms with Gasteiger partial charge in [-0.1, -0.05) is 80.4 Å². The van der Waals surface area contributed by atoms with E-state index in [0.717, 1.165) is 29.6 Å². The number of hydrogen-bond donors (Lipinski definition) is 1. The Hall–Kier alpha value is -3.67. The predicted octanol–water partition coefficient (Wildman–Crippen LogP) is 4.65. The second kappa shape index (κ2) is 11.2. The van der Waals surface area contributed by atoms with E-state index in [1.807, 2.05) is 25.1 Å². The lowest BCUT2D eigenvalue weighted by Gasteiger charge is -2.36. The first-order chi connectivity index (χ1) is 22.0. The highest BCUT2D eigenvalue weighted by atomic mass is 32.2. The molecular weight excluding hydrogens is 639 g/mol. The summed E-state index contributed by atoms with van der Waals surface area (Å²) in [4.78, 5) is 43.1. The number of carboxylic acids is 1. The number of ether oxygens (including phenoxy) is 1. The summed E-state index contributed by atoms with van der Waals surface area (Å²) >= 11 is 7.70. The molecule has 1 aromatic carbocycles. The zero-order valence-electron chi connectivity index (χ0n) is 26.1. The number of methoxy groups -OCH3 is 1. The molecule has 3 heterocycles. The van der Waals surface area contributed by atoms with Gasteiger partial charge in [0.05, 0.1) is 11.6 Å². The number of carbonyl (C=O) groups excluding carboxylic acids is 1. The number of hydrogen-bond acceptors (Lipinski definition) is 8. The minimum absolute atomic E-state index is 0.0611. The van der Waals surface area contributed by atoms with Crippen LogP contribution in [-0.4, -0.2) is 50.5 Å². The van der Waals surface area contributed by atoms with Crippen LogP contribution in [0.25, 0.3) is 11.0 Å². The lowest BCUT2D eigenvalue weighted by Crippen LogP contribution is -2.36. The number of thioether (sulfide) groups is 1. The summed E-state index contributed by atoms with van der Waals surface area (Å²) in [5.74, 6) is 0.0237. The molecule has 7 rings (SSSR count). The van der Waals surface area contributed by atoms with Gasteiger partial charge in [0.15, 0.2) is 0 Å². The number of anilines is 1. The monoisotopic (exact) mass is 673 g/mol. The maximum Gasteiger partial charge on any atom is 0.323 e. The van der Waals surface area contributed by atoms with Crippen LogP contribution in [0.1, 0.15) is 33.6 Å². The van der Waals surface area contributed by atoms with Crippen LogP contribution >= 0.6 is 35.3 Å². The number of thiazole rings is 1. The van der Waals surface area contributed by atoms with E-state index in [4.69, 9.17) is 17.0 Å². The number of amides is 1. The fourth-order valence-electron chi connectivity index (χ4n) is 7.89. The van der Waals surface area contributed by atoms with Crippen LogP contribution in [-0.2, 0) is 16.1 Å². The van der Waals surface area contributed by atoms with Crippen molar-refractivity contribution in [3.8, 4) is 5.75 Å². The molecule has 3 aliphatic carbocycles. The standard InChI is InChI=1S/C35H35N3O5S3/c1-5-36-31(42)29(46-33(36)44)32-37(19-27(39)40)30(41)26(45-32)18-34(2)15-13-24-23(17-34)28-25(16-20-8-6-7-14-35(20,28)3)38(24)21-9-11-22(43-4)12-10-21/h6-14,17-18,20,25,28H,5,15-16,19H2,1-4H3,(H,39,40)/b26-18-,32-29+. The fourth-order valence-corrected chi connectivity index (χ4v) is 10.7. The van der Waals surface area contributed by atoms with Crippen molar-refractivity contribution in [3.05, 3.63) is 91.5 Å². The van der Waals surface area contributed by atoms with Gasteiger partial charge < -0.3 is 14.7 Å². The Balaban J connectivity index is 1.36. The molecule has 3 fully saturated rings. The van der Waals surface area contributed by atoms with Gasteiger partial charge in [0, 0.05) is 40.7 Å². The Kier molecular flexibility index (Phi) is 7.57. The lowest BCUT2D eigenvalue weighted by atomic mass is 9.67. The molecule has 46 heavy (non-hydrogen) atoms. The van der Waals surface area contributed by atoms with Crippen molar-refractivity contribution in [1.82, 2.24) is 9.47 Å². The molecule has 5 unspecified atom stereocenters. The number of rotatable bonds is 6. The number of aromatic nitrogens is 1. The van der Waals surface area contributed by atoms with Crippen LogP contribution in [0, 0.1) is 22.7 Å². The van der Waals surface area contributed by atoms with Gasteiger partial charge in [-0.2, -0.15) is 0 Å². The summed E-state index contributed by atoms with van der Waals surface area (Å²) in [6, 6.07) is 8.53. The average Bonchev–Trinajstić information content (AvgIpc) is 3.70. The minimum Gasteiger partial charge on any atom is -0.497 e. The van der Waals surface area contributed by atoms with E-state index in [1.165, 1.54) is 32.1 Å². The van der Waals surface area contributed by atoms with Crippen LogP contribution < -0.4 is 24.4 Å². The highest BCUT2D eigenvalue weighted by Crippen LogP contribution is 2.62. The number of allylic oxidation sites excluding steroid dienone is 7. The highest BCUT2D eigenvalue weighted by Gasteiger charge is 2.59. The van der Waals surface area contributed by atoms with E-state index in [0.29, 0.717) is 37.3 Å². The first-order valence-electron chi connectivity index (χ1n) is 15.4. The Bertz CT molecular complexity index is 1990. The number of benzene rings is 1. The summed E-state index contributed by atoms with van der Waals surface area (Å²) in [7, 11) is 1.68. The minimum atomic E-state index is -1.15. The van der Waals surface area contributed by atoms with Gasteiger partial charge in [0.2, 0.25) is 0 Å². The molecule has 1 amide bonds. The molecule has 1 N–H and O–H groups in total. The molecule has 1 aromatic heterocycles. The van der Waals surface area contributed by atoms with Gasteiger partial charge in [-0.15, -0.1) is 11.3 Å². The van der Waals surface area contributed by atoms with Crippen LogP contribution in [0.4, 0.5) is 5.69 Å². The summed E-state index contributed by atoms with van der Waals surface area (Å²) < 4.78 is 7.82. The Morgan fingerprint density at radius 3 is 2.63 bits per heavy atom. The Labute approximate surface area is 280 Å². The molecule has 2 aromatic rings. The van der Waals surface area contributed by atoms with E-state index < -0.39 is 23.5 Å². The largest absolute Gasteiger partial charge is 0.497 e. The second-order valence-corrected chi connectivity index (χ2v) is 15.6. The van der Waals surface area contributed by atoms with Crippen molar-refractivity contribution in [2.45, 2.75) is 46.2 Å². The summed E-state index contributed by atoms with van der Waals surface area (Å²) in [5.41, 5.74) is 2.64. The van der Waals surface area contributed by atoms with Crippen LogP contribution in [0.5, 0.6) is 5.75 Å². The number of fused-ring (bicyclic) bond motifs is 5. The lowest BCUT2D eigenvalue weighted by molar-refractivity contribution is -0.137. The molecule has 1 saturated carbocycles. The van der Waals surface area contributed by atoms with E-state index in [2.05, 4.69) is 67.3 Å². The SMILES string of the molecule is CCN1C(=O)/C(=c2\s/c(=C\C3(C)C=C4C(=CC3)N(c3ccc(OC)cc3)C3CC5C=CC=CC5(C)C43)c(=O)n2CC(=O)O)SC1=S. The van der Waals surface area contributed by atoms with Crippen LogP contribution in [0.3, 0.4) is 0 Å². The number of thiocarbonyl (C=S) groups is 1. The number of aliphatic carboxylic acids is 1. The summed E-state index contributed by atoms with van der Waals surface area (Å²) in [6.07, 6.45) is 17.3. The van der Waals surface area contributed by atoms with Gasteiger partial charge in [-0.3, -0.25) is 23.9 Å². The zero-order chi connectivity index (χ0) is 32.5. The molecule has 238 valence electrons. The fraction of sp³-hybridized carbons (Fsp3) is 0.371. The quantitative estimate of drug-likeness (QED) is 0.444. The second-order valence-electron chi connectivity index (χ2n) is 12.9. The number of carbonyl (C=O) groups is 2. The van der Waals surface area contributed by atoms with E-state index >= 15 is 0 Å². The molecular formula is C35H35N3O5S3. The smallest absolute Gasteiger partial charge is 0.323 e. The molecule has 0 spiro atoms. The summed E-state index contributed by atoms with van der Waals surface area (Å²) in [6.45, 7) is 6.20. The maximum atomic E-state index is 13.8. The third-order valence-corrected chi connectivity index (χ3v) is 12.8. The molecule has 5 aliphatic rings. The molecule has 5 atom stereocenters. The molecule has 2 saturated heterocycles. The first-order valence-corrected chi connectivity index (χ1v) is 17.5. The highest BCUT2D eigenvalue weighted by molar-refractivity contribution is 8.30.